The van der Waals surface area contributed by atoms with Crippen LogP contribution in [0.1, 0.15) is 5.56 Å². The Balaban J connectivity index is 1.58. The second-order valence-electron chi connectivity index (χ2n) is 5.48. The van der Waals surface area contributed by atoms with Crippen LogP contribution in [0, 0.1) is 0 Å². The van der Waals surface area contributed by atoms with Gasteiger partial charge in [0.15, 0.2) is 0 Å². The maximum Gasteiger partial charge on any atom is 0.416 e. The lowest BCUT2D eigenvalue weighted by Crippen LogP contribution is -2.03. The van der Waals surface area contributed by atoms with Gasteiger partial charge in [-0.25, -0.2) is 4.98 Å². The lowest BCUT2D eigenvalue weighted by atomic mass is 10.1. The van der Waals surface area contributed by atoms with Gasteiger partial charge in [0, 0.05) is 27.5 Å². The van der Waals surface area contributed by atoms with Gasteiger partial charge in [-0.15, -0.1) is 16.4 Å². The Kier molecular flexibility index (Phi) is 4.29. The van der Waals surface area contributed by atoms with Crippen molar-refractivity contribution >= 4 is 22.9 Å². The van der Waals surface area contributed by atoms with E-state index >= 15 is 0 Å². The maximum absolute atomic E-state index is 12.7. The normalized spacial score (nSPS) is 11.7. The van der Waals surface area contributed by atoms with Crippen molar-refractivity contribution < 1.29 is 13.2 Å². The highest BCUT2D eigenvalue weighted by atomic mass is 32.1. The predicted octanol–water partition coefficient (Wildman–Crippen LogP) is 6.01. The first-order valence-corrected chi connectivity index (χ1v) is 9.23. The van der Waals surface area contributed by atoms with Gasteiger partial charge in [-0.1, -0.05) is 40.9 Å². The Morgan fingerprint density at radius 1 is 0.731 bits per heavy atom. The van der Waals surface area contributed by atoms with Crippen molar-refractivity contribution in [1.82, 2.24) is 14.6 Å². The number of hydrogen-bond acceptors (Lipinski definition) is 5. The summed E-state index contributed by atoms with van der Waals surface area (Å²) < 4.78 is 41.8. The van der Waals surface area contributed by atoms with Crippen molar-refractivity contribution in [3.8, 4) is 33.1 Å². The Morgan fingerprint density at radius 3 is 1.96 bits per heavy atom. The zero-order chi connectivity index (χ0) is 18.1. The van der Waals surface area contributed by atoms with Crippen LogP contribution in [0.25, 0.3) is 33.1 Å². The van der Waals surface area contributed by atoms with E-state index < -0.39 is 11.7 Å². The molecule has 0 saturated heterocycles. The first kappa shape index (κ1) is 16.9. The first-order chi connectivity index (χ1) is 12.5. The van der Waals surface area contributed by atoms with E-state index in [1.54, 1.807) is 0 Å². The topological polar surface area (TPSA) is 38.7 Å². The number of halogens is 3. The lowest BCUT2D eigenvalue weighted by Gasteiger charge is -2.06. The SMILES string of the molecule is FC(F)(F)c1ccc(-c2csc(-c3ccc(-c4csnn4)cc3)n2)cc1. The number of hydrogen-bond donors (Lipinski definition) is 0. The molecule has 0 radical (unpaired) electrons. The number of nitrogens with zero attached hydrogens (tertiary/aromatic N) is 3. The second-order valence-corrected chi connectivity index (χ2v) is 6.95. The van der Waals surface area contributed by atoms with Crippen molar-refractivity contribution in [3.05, 3.63) is 64.9 Å². The molecule has 4 rings (SSSR count). The Labute approximate surface area is 155 Å². The summed E-state index contributed by atoms with van der Waals surface area (Å²) in [6.45, 7) is 0. The Bertz CT molecular complexity index is 1010. The molecule has 0 unspecified atom stereocenters. The van der Waals surface area contributed by atoms with Gasteiger partial charge in [0.2, 0.25) is 0 Å². The molecule has 2 aromatic carbocycles. The minimum atomic E-state index is -4.33. The summed E-state index contributed by atoms with van der Waals surface area (Å²) in [7, 11) is 0. The first-order valence-electron chi connectivity index (χ1n) is 7.52. The van der Waals surface area contributed by atoms with Crippen LogP contribution in [-0.2, 0) is 6.18 Å². The molecule has 3 nitrogen and oxygen atoms in total. The fraction of sp³-hybridized carbons (Fsp3) is 0.0556. The van der Waals surface area contributed by atoms with Crippen molar-refractivity contribution in [1.29, 1.82) is 0 Å². The third-order valence-corrected chi connectivity index (χ3v) is 5.20. The van der Waals surface area contributed by atoms with Gasteiger partial charge in [-0.3, -0.25) is 0 Å². The van der Waals surface area contributed by atoms with E-state index in [2.05, 4.69) is 14.6 Å². The Hall–Kier alpha value is -2.58. The number of rotatable bonds is 3. The number of alkyl halides is 3. The van der Waals surface area contributed by atoms with Crippen LogP contribution in [0.15, 0.2) is 59.3 Å². The quantitative estimate of drug-likeness (QED) is 0.430. The molecule has 8 heteroatoms. The third-order valence-electron chi connectivity index (χ3n) is 3.80. The van der Waals surface area contributed by atoms with Crippen LogP contribution in [0.5, 0.6) is 0 Å². The van der Waals surface area contributed by atoms with Crippen LogP contribution in [-0.4, -0.2) is 14.6 Å². The summed E-state index contributed by atoms with van der Waals surface area (Å²) in [5, 5.41) is 8.56. The molecule has 130 valence electrons. The summed E-state index contributed by atoms with van der Waals surface area (Å²) in [6.07, 6.45) is -4.33. The van der Waals surface area contributed by atoms with Gasteiger partial charge in [-0.2, -0.15) is 13.2 Å². The van der Waals surface area contributed by atoms with Crippen LogP contribution < -0.4 is 0 Å². The van der Waals surface area contributed by atoms with Crippen LogP contribution >= 0.6 is 22.9 Å². The third kappa shape index (κ3) is 3.38. The molecule has 0 aliphatic carbocycles. The van der Waals surface area contributed by atoms with E-state index in [0.717, 1.165) is 34.0 Å². The van der Waals surface area contributed by atoms with E-state index in [1.165, 1.54) is 35.0 Å². The van der Waals surface area contributed by atoms with Crippen molar-refractivity contribution in [2.75, 3.05) is 0 Å². The lowest BCUT2D eigenvalue weighted by molar-refractivity contribution is -0.137. The summed E-state index contributed by atoms with van der Waals surface area (Å²) >= 11 is 2.75. The van der Waals surface area contributed by atoms with Gasteiger partial charge in [0.05, 0.1) is 11.3 Å². The molecule has 4 aromatic rings. The molecule has 0 amide bonds. The van der Waals surface area contributed by atoms with Crippen molar-refractivity contribution in [2.45, 2.75) is 6.18 Å². The van der Waals surface area contributed by atoms with Crippen molar-refractivity contribution in [3.63, 3.8) is 0 Å². The molecule has 2 heterocycles. The van der Waals surface area contributed by atoms with Gasteiger partial charge in [0.25, 0.3) is 0 Å². The number of benzene rings is 2. The second kappa shape index (κ2) is 6.62. The van der Waals surface area contributed by atoms with Gasteiger partial charge >= 0.3 is 6.18 Å². The highest BCUT2D eigenvalue weighted by molar-refractivity contribution is 7.13. The smallest absolute Gasteiger partial charge is 0.236 e. The highest BCUT2D eigenvalue weighted by Gasteiger charge is 2.30. The summed E-state index contributed by atoms with van der Waals surface area (Å²) in [6, 6.07) is 12.8. The molecule has 26 heavy (non-hydrogen) atoms. The summed E-state index contributed by atoms with van der Waals surface area (Å²) in [5.41, 5.74) is 3.40. The largest absolute Gasteiger partial charge is 0.416 e. The average molecular weight is 389 g/mol. The van der Waals surface area contributed by atoms with E-state index in [9.17, 15) is 13.2 Å². The molecule has 0 saturated carbocycles. The number of aromatic nitrogens is 3. The van der Waals surface area contributed by atoms with E-state index in [1.807, 2.05) is 35.0 Å². The van der Waals surface area contributed by atoms with E-state index in [0.29, 0.717) is 11.3 Å². The fourth-order valence-electron chi connectivity index (χ4n) is 2.44. The van der Waals surface area contributed by atoms with Crippen LogP contribution in [0.4, 0.5) is 13.2 Å². The zero-order valence-corrected chi connectivity index (χ0v) is 14.7. The molecule has 0 bridgehead atoms. The molecule has 0 N–H and O–H groups in total. The molecule has 2 aromatic heterocycles. The fourth-order valence-corrected chi connectivity index (χ4v) is 3.74. The Morgan fingerprint density at radius 2 is 1.35 bits per heavy atom. The summed E-state index contributed by atoms with van der Waals surface area (Å²) in [5.74, 6) is 0. The predicted molar refractivity (Wildman–Crippen MR) is 96.9 cm³/mol. The molecular weight excluding hydrogens is 379 g/mol. The highest BCUT2D eigenvalue weighted by Crippen LogP contribution is 2.33. The summed E-state index contributed by atoms with van der Waals surface area (Å²) in [4.78, 5) is 4.55. The maximum atomic E-state index is 12.7. The molecule has 0 atom stereocenters. The number of thiazole rings is 1. The average Bonchev–Trinajstić information content (AvgIpc) is 3.33. The monoisotopic (exact) mass is 389 g/mol. The van der Waals surface area contributed by atoms with Gasteiger partial charge < -0.3 is 0 Å². The van der Waals surface area contributed by atoms with Crippen molar-refractivity contribution in [2.24, 2.45) is 0 Å². The molecule has 0 aliphatic rings. The van der Waals surface area contributed by atoms with E-state index in [4.69, 9.17) is 0 Å². The molecule has 0 fully saturated rings. The minimum absolute atomic E-state index is 0.658. The zero-order valence-electron chi connectivity index (χ0n) is 13.1. The van der Waals surface area contributed by atoms with Gasteiger partial charge in [0.1, 0.15) is 10.7 Å². The minimum Gasteiger partial charge on any atom is -0.236 e. The molecule has 0 aliphatic heterocycles. The van der Waals surface area contributed by atoms with Gasteiger partial charge in [-0.05, 0) is 23.7 Å². The van der Waals surface area contributed by atoms with Crippen LogP contribution in [0.3, 0.4) is 0 Å². The van der Waals surface area contributed by atoms with E-state index in [-0.39, 0.29) is 0 Å². The molecule has 0 spiro atoms. The standard InChI is InChI=1S/C18H10F3N3S2/c19-18(20,21)14-7-5-11(6-8-14)15-9-25-17(22-15)13-3-1-12(2-4-13)16-10-26-24-23-16/h1-10H. The van der Waals surface area contributed by atoms with Crippen LogP contribution in [0.2, 0.25) is 0 Å². The molecular formula is C18H10F3N3S2.